The second-order valence-corrected chi connectivity index (χ2v) is 5.81. The fourth-order valence-electron chi connectivity index (χ4n) is 1.32. The Labute approximate surface area is 112 Å². The van der Waals surface area contributed by atoms with Crippen molar-refractivity contribution in [1.29, 1.82) is 0 Å². The molecule has 0 atom stereocenters. The summed E-state index contributed by atoms with van der Waals surface area (Å²) >= 11 is 5.89. The number of hydrogen-bond acceptors (Lipinski definition) is 4. The molecule has 18 heavy (non-hydrogen) atoms. The molecule has 0 unspecified atom stereocenters. The first-order valence-electron chi connectivity index (χ1n) is 5.42. The van der Waals surface area contributed by atoms with E-state index < -0.39 is 10.0 Å². The van der Waals surface area contributed by atoms with Crippen molar-refractivity contribution in [1.82, 2.24) is 4.72 Å². The first-order chi connectivity index (χ1) is 8.47. The number of nitrogens with one attached hydrogen (secondary N) is 1. The molecule has 2 N–H and O–H groups in total. The van der Waals surface area contributed by atoms with Gasteiger partial charge in [0.1, 0.15) is 4.90 Å². The van der Waals surface area contributed by atoms with Gasteiger partial charge in [0.25, 0.3) is 0 Å². The third-order valence-corrected chi connectivity index (χ3v) is 4.09. The highest BCUT2D eigenvalue weighted by Gasteiger charge is 2.16. The molecule has 0 radical (unpaired) electrons. The number of aryl methyl sites for hydroxylation is 1. The Bertz CT molecular complexity index is 490. The molecule has 0 amide bonds. The minimum absolute atomic E-state index is 0.0527. The Kier molecular flexibility index (Phi) is 6.04. The Hall–Kier alpha value is -0.660. The van der Waals surface area contributed by atoms with Gasteiger partial charge < -0.3 is 9.84 Å². The number of aliphatic hydroxyl groups is 1. The van der Waals surface area contributed by atoms with Crippen LogP contribution in [0, 0.1) is 6.92 Å². The fraction of sp³-hybridized carbons (Fsp3) is 0.455. The standard InChI is InChI=1S/C11H16ClNO4S/c1-9-2-3-11(10(12)8-9)18(15,16)13-4-6-17-7-5-14/h2-3,8,13-14H,4-7H2,1H3. The Morgan fingerprint density at radius 3 is 2.72 bits per heavy atom. The van der Waals surface area contributed by atoms with Gasteiger partial charge >= 0.3 is 0 Å². The maximum absolute atomic E-state index is 11.9. The van der Waals surface area contributed by atoms with Crippen LogP contribution >= 0.6 is 11.6 Å². The summed E-state index contributed by atoms with van der Waals surface area (Å²) in [5.41, 5.74) is 0.894. The molecule has 1 rings (SSSR count). The maximum Gasteiger partial charge on any atom is 0.242 e. The smallest absolute Gasteiger partial charge is 0.242 e. The van der Waals surface area contributed by atoms with Crippen LogP contribution in [0.4, 0.5) is 0 Å². The van der Waals surface area contributed by atoms with E-state index in [4.69, 9.17) is 21.4 Å². The van der Waals surface area contributed by atoms with Crippen LogP contribution in [0.2, 0.25) is 5.02 Å². The van der Waals surface area contributed by atoms with E-state index in [1.165, 1.54) is 6.07 Å². The number of ether oxygens (including phenoxy) is 1. The van der Waals surface area contributed by atoms with Crippen LogP contribution in [0.3, 0.4) is 0 Å². The molecular weight excluding hydrogens is 278 g/mol. The first kappa shape index (κ1) is 15.4. The highest BCUT2D eigenvalue weighted by Crippen LogP contribution is 2.21. The molecule has 1 aromatic carbocycles. The van der Waals surface area contributed by atoms with Gasteiger partial charge in [0.2, 0.25) is 10.0 Å². The quantitative estimate of drug-likeness (QED) is 0.734. The fourth-order valence-corrected chi connectivity index (χ4v) is 2.93. The molecule has 0 aliphatic heterocycles. The molecule has 0 aromatic heterocycles. The van der Waals surface area contributed by atoms with Crippen LogP contribution in [-0.4, -0.2) is 39.9 Å². The van der Waals surface area contributed by atoms with Crippen LogP contribution < -0.4 is 4.72 Å². The highest BCUT2D eigenvalue weighted by atomic mass is 35.5. The lowest BCUT2D eigenvalue weighted by Gasteiger charge is -2.09. The zero-order chi connectivity index (χ0) is 13.6. The number of sulfonamides is 1. The van der Waals surface area contributed by atoms with Crippen molar-refractivity contribution < 1.29 is 18.3 Å². The number of benzene rings is 1. The summed E-state index contributed by atoms with van der Waals surface area (Å²) in [5.74, 6) is 0. The molecule has 5 nitrogen and oxygen atoms in total. The van der Waals surface area contributed by atoms with Crippen molar-refractivity contribution in [3.8, 4) is 0 Å². The van der Waals surface area contributed by atoms with E-state index in [0.29, 0.717) is 0 Å². The molecule has 0 fully saturated rings. The van der Waals surface area contributed by atoms with Crippen LogP contribution in [0.15, 0.2) is 23.1 Å². The summed E-state index contributed by atoms with van der Waals surface area (Å²) in [6.07, 6.45) is 0. The van der Waals surface area contributed by atoms with Crippen molar-refractivity contribution in [2.24, 2.45) is 0 Å². The predicted octanol–water partition coefficient (Wildman–Crippen LogP) is 0.936. The van der Waals surface area contributed by atoms with Crippen LogP contribution in [0.1, 0.15) is 5.56 Å². The van der Waals surface area contributed by atoms with Gasteiger partial charge in [-0.2, -0.15) is 0 Å². The first-order valence-corrected chi connectivity index (χ1v) is 7.28. The number of aliphatic hydroxyl groups excluding tert-OH is 1. The molecule has 0 heterocycles. The molecule has 7 heteroatoms. The zero-order valence-electron chi connectivity index (χ0n) is 10.0. The van der Waals surface area contributed by atoms with Crippen LogP contribution in [-0.2, 0) is 14.8 Å². The van der Waals surface area contributed by atoms with Crippen LogP contribution in [0.5, 0.6) is 0 Å². The summed E-state index contributed by atoms with van der Waals surface area (Å²) in [6.45, 7) is 2.26. The zero-order valence-corrected chi connectivity index (χ0v) is 11.6. The molecule has 0 saturated carbocycles. The van der Waals surface area contributed by atoms with E-state index in [1.54, 1.807) is 12.1 Å². The summed E-state index contributed by atoms with van der Waals surface area (Å²) in [6, 6.07) is 4.75. The van der Waals surface area contributed by atoms with E-state index in [-0.39, 0.29) is 36.3 Å². The van der Waals surface area contributed by atoms with Gasteiger partial charge in [0.15, 0.2) is 0 Å². The Morgan fingerprint density at radius 2 is 2.11 bits per heavy atom. The minimum Gasteiger partial charge on any atom is -0.394 e. The van der Waals surface area contributed by atoms with Gasteiger partial charge in [-0.25, -0.2) is 13.1 Å². The van der Waals surface area contributed by atoms with Crippen molar-refractivity contribution in [2.75, 3.05) is 26.4 Å². The van der Waals surface area contributed by atoms with E-state index in [0.717, 1.165) is 5.56 Å². The van der Waals surface area contributed by atoms with Gasteiger partial charge in [-0.05, 0) is 24.6 Å². The molecular formula is C11H16ClNO4S. The predicted molar refractivity (Wildman–Crippen MR) is 69.3 cm³/mol. The third-order valence-electron chi connectivity index (χ3n) is 2.15. The van der Waals surface area contributed by atoms with Gasteiger partial charge in [0.05, 0.1) is 24.8 Å². The number of halogens is 1. The largest absolute Gasteiger partial charge is 0.394 e. The lowest BCUT2D eigenvalue weighted by Crippen LogP contribution is -2.28. The Balaban J connectivity index is 2.63. The van der Waals surface area contributed by atoms with E-state index in [2.05, 4.69) is 4.72 Å². The summed E-state index contributed by atoms with van der Waals surface area (Å²) in [4.78, 5) is 0.0527. The lowest BCUT2D eigenvalue weighted by molar-refractivity contribution is 0.0961. The number of rotatable bonds is 7. The second-order valence-electron chi connectivity index (χ2n) is 3.67. The molecule has 0 aliphatic rings. The second kappa shape index (κ2) is 7.06. The lowest BCUT2D eigenvalue weighted by atomic mass is 10.2. The summed E-state index contributed by atoms with van der Waals surface area (Å²) in [5, 5.41) is 8.68. The van der Waals surface area contributed by atoms with E-state index >= 15 is 0 Å². The van der Waals surface area contributed by atoms with Crippen molar-refractivity contribution >= 4 is 21.6 Å². The van der Waals surface area contributed by atoms with Gasteiger partial charge in [-0.1, -0.05) is 17.7 Å². The molecule has 102 valence electrons. The monoisotopic (exact) mass is 293 g/mol. The molecule has 0 bridgehead atoms. The normalized spacial score (nSPS) is 11.7. The number of hydrogen-bond donors (Lipinski definition) is 2. The minimum atomic E-state index is -3.62. The SMILES string of the molecule is Cc1ccc(S(=O)(=O)NCCOCCO)c(Cl)c1. The van der Waals surface area contributed by atoms with Crippen LogP contribution in [0.25, 0.3) is 0 Å². The van der Waals surface area contributed by atoms with Crippen molar-refractivity contribution in [3.63, 3.8) is 0 Å². The van der Waals surface area contributed by atoms with Gasteiger partial charge in [0, 0.05) is 6.54 Å². The molecule has 0 spiro atoms. The topological polar surface area (TPSA) is 75.6 Å². The van der Waals surface area contributed by atoms with Gasteiger partial charge in [-0.3, -0.25) is 0 Å². The Morgan fingerprint density at radius 1 is 1.39 bits per heavy atom. The van der Waals surface area contributed by atoms with Gasteiger partial charge in [-0.15, -0.1) is 0 Å². The average molecular weight is 294 g/mol. The third kappa shape index (κ3) is 4.55. The molecule has 0 aliphatic carbocycles. The molecule has 0 saturated heterocycles. The van der Waals surface area contributed by atoms with Crippen molar-refractivity contribution in [2.45, 2.75) is 11.8 Å². The average Bonchev–Trinajstić information content (AvgIpc) is 2.28. The maximum atomic E-state index is 11.9. The molecule has 1 aromatic rings. The van der Waals surface area contributed by atoms with E-state index in [9.17, 15) is 8.42 Å². The highest BCUT2D eigenvalue weighted by molar-refractivity contribution is 7.89. The summed E-state index contributed by atoms with van der Waals surface area (Å²) in [7, 11) is -3.62. The summed E-state index contributed by atoms with van der Waals surface area (Å²) < 4.78 is 31.1. The van der Waals surface area contributed by atoms with E-state index in [1.807, 2.05) is 6.92 Å². The van der Waals surface area contributed by atoms with Crippen molar-refractivity contribution in [3.05, 3.63) is 28.8 Å².